The van der Waals surface area contributed by atoms with Crippen molar-refractivity contribution in [2.75, 3.05) is 0 Å². The fourth-order valence-corrected chi connectivity index (χ4v) is 1.72. The fourth-order valence-electron chi connectivity index (χ4n) is 1.72. The van der Waals surface area contributed by atoms with E-state index in [-0.39, 0.29) is 23.5 Å². The number of carbonyl (C=O) groups is 1. The molecule has 7 heteroatoms. The van der Waals surface area contributed by atoms with E-state index in [1.165, 1.54) is 30.5 Å². The zero-order valence-electron chi connectivity index (χ0n) is 10.6. The minimum absolute atomic E-state index is 0.109. The number of alkyl halides is 3. The van der Waals surface area contributed by atoms with Crippen LogP contribution in [0.2, 0.25) is 0 Å². The number of aromatic carboxylic acids is 1. The van der Waals surface area contributed by atoms with Gasteiger partial charge in [0.15, 0.2) is 0 Å². The molecule has 2 rings (SSSR count). The second-order valence-electron chi connectivity index (χ2n) is 4.12. The minimum atomic E-state index is -4.54. The van der Waals surface area contributed by atoms with Crippen LogP contribution < -0.4 is 4.74 Å². The molecule has 0 bridgehead atoms. The molecular weight excluding hydrogens is 287 g/mol. The Morgan fingerprint density at radius 1 is 1.24 bits per heavy atom. The highest BCUT2D eigenvalue weighted by molar-refractivity contribution is 5.88. The van der Waals surface area contributed by atoms with Crippen molar-refractivity contribution in [1.29, 1.82) is 0 Å². The van der Waals surface area contributed by atoms with Crippen LogP contribution >= 0.6 is 0 Å². The van der Waals surface area contributed by atoms with Crippen LogP contribution in [-0.4, -0.2) is 16.1 Å². The molecule has 0 fully saturated rings. The lowest BCUT2D eigenvalue weighted by molar-refractivity contribution is -0.139. The molecule has 0 aliphatic carbocycles. The highest BCUT2D eigenvalue weighted by Crippen LogP contribution is 2.36. The average molecular weight is 297 g/mol. The first-order valence-corrected chi connectivity index (χ1v) is 5.85. The maximum absolute atomic E-state index is 12.8. The van der Waals surface area contributed by atoms with Gasteiger partial charge in [0.25, 0.3) is 0 Å². The number of para-hydroxylation sites is 1. The Morgan fingerprint density at radius 3 is 2.62 bits per heavy atom. The summed E-state index contributed by atoms with van der Waals surface area (Å²) >= 11 is 0. The Morgan fingerprint density at radius 2 is 1.95 bits per heavy atom. The van der Waals surface area contributed by atoms with Crippen molar-refractivity contribution in [3.05, 3.63) is 59.4 Å². The molecule has 4 nitrogen and oxygen atoms in total. The summed E-state index contributed by atoms with van der Waals surface area (Å²) < 4.78 is 43.5. The van der Waals surface area contributed by atoms with Gasteiger partial charge < -0.3 is 9.84 Å². The largest absolute Gasteiger partial charge is 0.488 e. The lowest BCUT2D eigenvalue weighted by atomic mass is 10.1. The maximum Gasteiger partial charge on any atom is 0.419 e. The number of hydrogen-bond donors (Lipinski definition) is 1. The molecule has 1 N–H and O–H groups in total. The number of benzene rings is 1. The van der Waals surface area contributed by atoms with Crippen LogP contribution in [0.25, 0.3) is 0 Å². The molecule has 1 heterocycles. The van der Waals surface area contributed by atoms with Gasteiger partial charge in [0.05, 0.1) is 11.1 Å². The monoisotopic (exact) mass is 297 g/mol. The molecule has 0 radical (unpaired) electrons. The van der Waals surface area contributed by atoms with E-state index in [1.54, 1.807) is 0 Å². The summed E-state index contributed by atoms with van der Waals surface area (Å²) in [5, 5.41) is 8.97. The summed E-state index contributed by atoms with van der Waals surface area (Å²) in [4.78, 5) is 14.6. The number of carboxylic acid groups (broad SMARTS) is 1. The van der Waals surface area contributed by atoms with Gasteiger partial charge in [0.1, 0.15) is 12.4 Å². The summed E-state index contributed by atoms with van der Waals surface area (Å²) in [6, 6.07) is 6.14. The van der Waals surface area contributed by atoms with Crippen LogP contribution in [0.4, 0.5) is 13.2 Å². The van der Waals surface area contributed by atoms with Crippen molar-refractivity contribution < 1.29 is 27.8 Å². The van der Waals surface area contributed by atoms with E-state index in [0.29, 0.717) is 0 Å². The number of halogens is 3. The van der Waals surface area contributed by atoms with E-state index in [0.717, 1.165) is 12.3 Å². The van der Waals surface area contributed by atoms with Gasteiger partial charge >= 0.3 is 12.1 Å². The molecule has 0 spiro atoms. The number of nitrogens with zero attached hydrogens (tertiary/aromatic N) is 1. The molecule has 1 aromatic heterocycles. The van der Waals surface area contributed by atoms with Gasteiger partial charge in [-0.25, -0.2) is 4.79 Å². The van der Waals surface area contributed by atoms with Crippen LogP contribution in [-0.2, 0) is 12.8 Å². The zero-order valence-corrected chi connectivity index (χ0v) is 10.6. The summed E-state index contributed by atoms with van der Waals surface area (Å²) in [6.07, 6.45) is -2.07. The normalized spacial score (nSPS) is 11.2. The predicted molar refractivity (Wildman–Crippen MR) is 67.0 cm³/mol. The van der Waals surface area contributed by atoms with Gasteiger partial charge in [-0.2, -0.15) is 13.2 Å². The zero-order chi connectivity index (χ0) is 15.5. The fraction of sp³-hybridized carbons (Fsp3) is 0.143. The van der Waals surface area contributed by atoms with Crippen LogP contribution in [0.5, 0.6) is 5.75 Å². The second-order valence-corrected chi connectivity index (χ2v) is 4.12. The van der Waals surface area contributed by atoms with Crippen molar-refractivity contribution in [2.24, 2.45) is 0 Å². The number of aromatic nitrogens is 1. The Labute approximate surface area is 117 Å². The highest BCUT2D eigenvalue weighted by atomic mass is 19.4. The van der Waals surface area contributed by atoms with Crippen molar-refractivity contribution in [3.63, 3.8) is 0 Å². The molecule has 0 saturated carbocycles. The Kier molecular flexibility index (Phi) is 4.11. The predicted octanol–water partition coefficient (Wildman–Crippen LogP) is 3.38. The first-order chi connectivity index (χ1) is 9.89. The molecule has 0 atom stereocenters. The summed E-state index contributed by atoms with van der Waals surface area (Å²) in [5.74, 6) is -1.57. The molecule has 0 saturated heterocycles. The summed E-state index contributed by atoms with van der Waals surface area (Å²) in [5.41, 5.74) is -0.771. The molecule has 0 unspecified atom stereocenters. The molecule has 2 aromatic rings. The third kappa shape index (κ3) is 3.50. The van der Waals surface area contributed by atoms with E-state index < -0.39 is 17.7 Å². The second kappa shape index (κ2) is 5.82. The van der Waals surface area contributed by atoms with Crippen LogP contribution in [0.1, 0.15) is 21.5 Å². The van der Waals surface area contributed by atoms with Crippen molar-refractivity contribution in [3.8, 4) is 5.75 Å². The van der Waals surface area contributed by atoms with Gasteiger partial charge in [-0.15, -0.1) is 0 Å². The Hall–Kier alpha value is -2.57. The average Bonchev–Trinajstić information content (AvgIpc) is 2.44. The van der Waals surface area contributed by atoms with Crippen LogP contribution in [0, 0.1) is 0 Å². The van der Waals surface area contributed by atoms with Crippen molar-refractivity contribution >= 4 is 5.97 Å². The minimum Gasteiger partial charge on any atom is -0.488 e. The quantitative estimate of drug-likeness (QED) is 0.940. The van der Waals surface area contributed by atoms with Crippen LogP contribution in [0.3, 0.4) is 0 Å². The molecule has 1 aromatic carbocycles. The van der Waals surface area contributed by atoms with E-state index in [4.69, 9.17) is 9.84 Å². The third-order valence-corrected chi connectivity index (χ3v) is 2.72. The number of hydrogen-bond acceptors (Lipinski definition) is 3. The molecule has 0 aliphatic rings. The number of ether oxygens (including phenoxy) is 1. The SMILES string of the molecule is O=C(O)c1cnccc1COc1ccccc1C(F)(F)F. The molecular formula is C14H10F3NO3. The molecule has 0 aliphatic heterocycles. The first-order valence-electron chi connectivity index (χ1n) is 5.85. The Balaban J connectivity index is 2.24. The standard InChI is InChI=1S/C14H10F3NO3/c15-14(16,17)11-3-1-2-4-12(11)21-8-9-5-6-18-7-10(9)13(19)20/h1-7H,8H2,(H,19,20). The number of rotatable bonds is 4. The lowest BCUT2D eigenvalue weighted by Crippen LogP contribution is -2.10. The molecule has 21 heavy (non-hydrogen) atoms. The smallest absolute Gasteiger partial charge is 0.419 e. The lowest BCUT2D eigenvalue weighted by Gasteiger charge is -2.14. The molecule has 110 valence electrons. The van der Waals surface area contributed by atoms with Crippen molar-refractivity contribution in [2.45, 2.75) is 12.8 Å². The molecule has 0 amide bonds. The topological polar surface area (TPSA) is 59.4 Å². The first kappa shape index (κ1) is 14.8. The summed E-state index contributed by atoms with van der Waals surface area (Å²) in [7, 11) is 0. The number of carboxylic acids is 1. The van der Waals surface area contributed by atoms with Gasteiger partial charge in [-0.1, -0.05) is 12.1 Å². The van der Waals surface area contributed by atoms with Gasteiger partial charge in [0.2, 0.25) is 0 Å². The summed E-state index contributed by atoms with van der Waals surface area (Å²) in [6.45, 7) is -0.294. The van der Waals surface area contributed by atoms with E-state index in [2.05, 4.69) is 4.98 Å². The van der Waals surface area contributed by atoms with E-state index in [9.17, 15) is 18.0 Å². The van der Waals surface area contributed by atoms with Gasteiger partial charge in [0, 0.05) is 18.0 Å². The van der Waals surface area contributed by atoms with Gasteiger partial charge in [-0.05, 0) is 18.2 Å². The third-order valence-electron chi connectivity index (χ3n) is 2.72. The van der Waals surface area contributed by atoms with E-state index >= 15 is 0 Å². The maximum atomic E-state index is 12.8. The highest BCUT2D eigenvalue weighted by Gasteiger charge is 2.34. The Bertz CT molecular complexity index is 656. The van der Waals surface area contributed by atoms with Crippen LogP contribution in [0.15, 0.2) is 42.7 Å². The van der Waals surface area contributed by atoms with E-state index in [1.807, 2.05) is 0 Å². The van der Waals surface area contributed by atoms with Gasteiger partial charge in [-0.3, -0.25) is 4.98 Å². The number of pyridine rings is 1. The van der Waals surface area contributed by atoms with Crippen molar-refractivity contribution in [1.82, 2.24) is 4.98 Å².